The Morgan fingerprint density at radius 1 is 1.00 bits per heavy atom. The summed E-state index contributed by atoms with van der Waals surface area (Å²) in [4.78, 5) is 0.217. The van der Waals surface area contributed by atoms with E-state index in [0.717, 1.165) is 11.1 Å². The van der Waals surface area contributed by atoms with Crippen LogP contribution in [0.2, 0.25) is 0 Å². The van der Waals surface area contributed by atoms with E-state index in [4.69, 9.17) is 5.26 Å². The smallest absolute Gasteiger partial charge is 0.261 e. The number of aryl methyl sites for hydroxylation is 3. The lowest BCUT2D eigenvalue weighted by atomic mass is 10.1. The molecule has 2 aromatic carbocycles. The van der Waals surface area contributed by atoms with Gasteiger partial charge in [-0.2, -0.15) is 5.26 Å². The average Bonchev–Trinajstić information content (AvgIpc) is 2.42. The van der Waals surface area contributed by atoms with Crippen LogP contribution >= 0.6 is 0 Å². The number of anilines is 1. The Morgan fingerprint density at radius 2 is 1.62 bits per heavy atom. The van der Waals surface area contributed by atoms with E-state index in [1.54, 1.807) is 50.2 Å². The summed E-state index contributed by atoms with van der Waals surface area (Å²) in [5.41, 5.74) is 3.50. The van der Waals surface area contributed by atoms with Crippen molar-refractivity contribution in [3.63, 3.8) is 0 Å². The second-order valence-electron chi connectivity index (χ2n) is 5.01. The molecule has 0 atom stereocenters. The van der Waals surface area contributed by atoms with Crippen LogP contribution < -0.4 is 4.72 Å². The number of benzene rings is 2. The number of nitrogens with one attached hydrogen (secondary N) is 1. The molecule has 0 fully saturated rings. The number of sulfonamides is 1. The van der Waals surface area contributed by atoms with Gasteiger partial charge >= 0.3 is 0 Å². The van der Waals surface area contributed by atoms with Gasteiger partial charge in [-0.05, 0) is 56.2 Å². The van der Waals surface area contributed by atoms with Crippen molar-refractivity contribution in [1.82, 2.24) is 0 Å². The van der Waals surface area contributed by atoms with Gasteiger partial charge in [-0.1, -0.05) is 17.7 Å². The molecule has 0 spiro atoms. The summed E-state index contributed by atoms with van der Waals surface area (Å²) >= 11 is 0. The number of nitrogens with zero attached hydrogens (tertiary/aromatic N) is 1. The minimum atomic E-state index is -3.62. The average molecular weight is 300 g/mol. The molecule has 1 N–H and O–H groups in total. The van der Waals surface area contributed by atoms with Gasteiger partial charge in [0.05, 0.1) is 22.2 Å². The van der Waals surface area contributed by atoms with Gasteiger partial charge < -0.3 is 0 Å². The monoisotopic (exact) mass is 300 g/mol. The van der Waals surface area contributed by atoms with E-state index in [1.807, 2.05) is 6.92 Å². The summed E-state index contributed by atoms with van der Waals surface area (Å²) in [6.45, 7) is 5.45. The molecule has 2 rings (SSSR count). The predicted octanol–water partition coefficient (Wildman–Crippen LogP) is 3.28. The molecule has 2 aromatic rings. The highest BCUT2D eigenvalue weighted by Gasteiger charge is 2.15. The Kier molecular flexibility index (Phi) is 4.01. The van der Waals surface area contributed by atoms with E-state index in [2.05, 4.69) is 10.8 Å². The number of hydrogen-bond donors (Lipinski definition) is 1. The third kappa shape index (κ3) is 3.23. The molecule has 0 unspecified atom stereocenters. The maximum absolute atomic E-state index is 12.4. The summed E-state index contributed by atoms with van der Waals surface area (Å²) < 4.78 is 27.3. The van der Waals surface area contributed by atoms with Crippen LogP contribution in [0.4, 0.5) is 5.69 Å². The molecule has 0 aliphatic rings. The van der Waals surface area contributed by atoms with Gasteiger partial charge in [0, 0.05) is 0 Å². The van der Waals surface area contributed by atoms with Gasteiger partial charge in [0.15, 0.2) is 0 Å². The van der Waals surface area contributed by atoms with Crippen molar-refractivity contribution in [3.05, 3.63) is 58.7 Å². The lowest BCUT2D eigenvalue weighted by Crippen LogP contribution is -2.14. The van der Waals surface area contributed by atoms with Crippen molar-refractivity contribution >= 4 is 15.7 Å². The van der Waals surface area contributed by atoms with Crippen LogP contribution in [0.1, 0.15) is 22.3 Å². The maximum atomic E-state index is 12.4. The topological polar surface area (TPSA) is 70.0 Å². The third-order valence-corrected chi connectivity index (χ3v) is 4.65. The maximum Gasteiger partial charge on any atom is 0.261 e. The van der Waals surface area contributed by atoms with Crippen molar-refractivity contribution in [3.8, 4) is 6.07 Å². The fourth-order valence-corrected chi connectivity index (χ4v) is 3.09. The van der Waals surface area contributed by atoms with Crippen LogP contribution in [0, 0.1) is 32.1 Å². The minimum Gasteiger partial charge on any atom is -0.279 e. The van der Waals surface area contributed by atoms with E-state index >= 15 is 0 Å². The van der Waals surface area contributed by atoms with Gasteiger partial charge in [-0.3, -0.25) is 4.72 Å². The Hall–Kier alpha value is -2.32. The van der Waals surface area contributed by atoms with Crippen LogP contribution in [0.3, 0.4) is 0 Å². The molecule has 21 heavy (non-hydrogen) atoms. The lowest BCUT2D eigenvalue weighted by molar-refractivity contribution is 0.601. The highest BCUT2D eigenvalue weighted by molar-refractivity contribution is 7.92. The molecule has 0 aliphatic carbocycles. The summed E-state index contributed by atoms with van der Waals surface area (Å²) in [7, 11) is -3.62. The summed E-state index contributed by atoms with van der Waals surface area (Å²) in [6.07, 6.45) is 0. The third-order valence-electron chi connectivity index (χ3n) is 3.27. The zero-order valence-electron chi connectivity index (χ0n) is 12.1. The van der Waals surface area contributed by atoms with E-state index in [1.165, 1.54) is 0 Å². The Morgan fingerprint density at radius 3 is 2.19 bits per heavy atom. The highest BCUT2D eigenvalue weighted by atomic mass is 32.2. The van der Waals surface area contributed by atoms with Crippen molar-refractivity contribution in [2.75, 3.05) is 4.72 Å². The van der Waals surface area contributed by atoms with E-state index in [9.17, 15) is 8.42 Å². The van der Waals surface area contributed by atoms with Crippen molar-refractivity contribution in [2.24, 2.45) is 0 Å². The van der Waals surface area contributed by atoms with Gasteiger partial charge in [-0.15, -0.1) is 0 Å². The number of hydrogen-bond acceptors (Lipinski definition) is 3. The standard InChI is InChI=1S/C16H16N2O2S/c1-11-4-6-15(7-5-11)21(19,20)18-16-9-12(2)14(10-17)8-13(16)3/h4-9,18H,1-3H3. The molecule has 0 bridgehead atoms. The molecule has 5 heteroatoms. The van der Waals surface area contributed by atoms with Gasteiger partial charge in [-0.25, -0.2) is 8.42 Å². The first-order valence-electron chi connectivity index (χ1n) is 6.44. The van der Waals surface area contributed by atoms with Crippen LogP contribution in [0.15, 0.2) is 41.3 Å². The van der Waals surface area contributed by atoms with Gasteiger partial charge in [0.1, 0.15) is 0 Å². The second-order valence-corrected chi connectivity index (χ2v) is 6.69. The molecule has 0 saturated heterocycles. The van der Waals surface area contributed by atoms with Gasteiger partial charge in [0.2, 0.25) is 0 Å². The Bertz CT molecular complexity index is 817. The molecule has 4 nitrogen and oxygen atoms in total. The number of nitriles is 1. The summed E-state index contributed by atoms with van der Waals surface area (Å²) in [5, 5.41) is 8.98. The molecular formula is C16H16N2O2S. The Balaban J connectivity index is 2.40. The van der Waals surface area contributed by atoms with Crippen molar-refractivity contribution in [1.29, 1.82) is 5.26 Å². The van der Waals surface area contributed by atoms with Crippen LogP contribution in [0.5, 0.6) is 0 Å². The lowest BCUT2D eigenvalue weighted by Gasteiger charge is -2.12. The minimum absolute atomic E-state index is 0.217. The van der Waals surface area contributed by atoms with Crippen molar-refractivity contribution < 1.29 is 8.42 Å². The van der Waals surface area contributed by atoms with Crippen LogP contribution in [-0.2, 0) is 10.0 Å². The molecule has 0 aromatic heterocycles. The fourth-order valence-electron chi connectivity index (χ4n) is 1.97. The first-order valence-corrected chi connectivity index (χ1v) is 7.92. The Labute approximate surface area is 125 Å². The normalized spacial score (nSPS) is 11.0. The van der Waals surface area contributed by atoms with E-state index in [-0.39, 0.29) is 4.90 Å². The predicted molar refractivity (Wildman–Crippen MR) is 82.6 cm³/mol. The zero-order chi connectivity index (χ0) is 15.6. The molecule has 0 radical (unpaired) electrons. The van der Waals surface area contributed by atoms with Crippen LogP contribution in [0.25, 0.3) is 0 Å². The zero-order valence-corrected chi connectivity index (χ0v) is 13.0. The highest BCUT2D eigenvalue weighted by Crippen LogP contribution is 2.23. The molecule has 0 amide bonds. The molecule has 0 heterocycles. The molecule has 0 aliphatic heterocycles. The SMILES string of the molecule is Cc1ccc(S(=O)(=O)Nc2cc(C)c(C#N)cc2C)cc1. The first kappa shape index (κ1) is 15.1. The first-order chi connectivity index (χ1) is 9.83. The van der Waals surface area contributed by atoms with Crippen LogP contribution in [-0.4, -0.2) is 8.42 Å². The molecule has 0 saturated carbocycles. The fraction of sp³-hybridized carbons (Fsp3) is 0.188. The summed E-state index contributed by atoms with van der Waals surface area (Å²) in [6, 6.07) is 12.1. The van der Waals surface area contributed by atoms with E-state index in [0.29, 0.717) is 16.8 Å². The van der Waals surface area contributed by atoms with Gasteiger partial charge in [0.25, 0.3) is 10.0 Å². The number of rotatable bonds is 3. The summed E-state index contributed by atoms with van der Waals surface area (Å²) in [5.74, 6) is 0. The molecule has 108 valence electrons. The second kappa shape index (κ2) is 5.58. The van der Waals surface area contributed by atoms with E-state index < -0.39 is 10.0 Å². The molecular weight excluding hydrogens is 284 g/mol. The van der Waals surface area contributed by atoms with Crippen molar-refractivity contribution in [2.45, 2.75) is 25.7 Å². The largest absolute Gasteiger partial charge is 0.279 e. The quantitative estimate of drug-likeness (QED) is 0.945.